The van der Waals surface area contributed by atoms with Crippen molar-refractivity contribution in [3.8, 4) is 0 Å². The van der Waals surface area contributed by atoms with Gasteiger partial charge in [0.2, 0.25) is 11.8 Å². The van der Waals surface area contributed by atoms with E-state index in [9.17, 15) is 9.59 Å². The zero-order valence-electron chi connectivity index (χ0n) is 18.0. The summed E-state index contributed by atoms with van der Waals surface area (Å²) in [5.74, 6) is 2.06. The van der Waals surface area contributed by atoms with Gasteiger partial charge in [-0.1, -0.05) is 18.2 Å². The Hall–Kier alpha value is -3.16. The van der Waals surface area contributed by atoms with E-state index in [1.54, 1.807) is 4.90 Å². The van der Waals surface area contributed by atoms with E-state index < -0.39 is 0 Å². The normalized spacial score (nSPS) is 18.9. The minimum absolute atomic E-state index is 0.00817. The topological polar surface area (TPSA) is 90.5 Å². The van der Waals surface area contributed by atoms with Crippen LogP contribution >= 0.6 is 0 Å². The molecule has 1 aromatic carbocycles. The molecule has 31 heavy (non-hydrogen) atoms. The van der Waals surface area contributed by atoms with Gasteiger partial charge in [-0.3, -0.25) is 9.59 Å². The molecular weight excluding hydrogens is 392 g/mol. The number of nitrogens with one attached hydrogen (secondary N) is 2. The smallest absolute Gasteiger partial charge is 0.227 e. The summed E-state index contributed by atoms with van der Waals surface area (Å²) in [6.45, 7) is 5.42. The highest BCUT2D eigenvalue weighted by molar-refractivity contribution is 6.00. The van der Waals surface area contributed by atoms with Crippen LogP contribution in [0.25, 0.3) is 0 Å². The summed E-state index contributed by atoms with van der Waals surface area (Å²) in [4.78, 5) is 37.9. The van der Waals surface area contributed by atoms with Gasteiger partial charge in [-0.05, 0) is 38.3 Å². The summed E-state index contributed by atoms with van der Waals surface area (Å²) >= 11 is 0. The first-order valence-corrected chi connectivity index (χ1v) is 11.1. The zero-order valence-corrected chi connectivity index (χ0v) is 18.0. The van der Waals surface area contributed by atoms with Gasteiger partial charge in [-0.25, -0.2) is 9.97 Å². The van der Waals surface area contributed by atoms with Crippen LogP contribution in [0.5, 0.6) is 0 Å². The fourth-order valence-electron chi connectivity index (χ4n) is 4.19. The molecule has 1 atom stereocenters. The third kappa shape index (κ3) is 5.31. The minimum atomic E-state index is -0.320. The molecule has 0 bridgehead atoms. The molecule has 2 fully saturated rings. The predicted octanol–water partition coefficient (Wildman–Crippen LogP) is 2.36. The van der Waals surface area contributed by atoms with E-state index in [1.165, 1.54) is 19.3 Å². The Morgan fingerprint density at radius 1 is 1.10 bits per heavy atom. The molecule has 8 heteroatoms. The van der Waals surface area contributed by atoms with E-state index in [-0.39, 0.29) is 24.2 Å². The van der Waals surface area contributed by atoms with Crippen molar-refractivity contribution in [1.29, 1.82) is 0 Å². The number of aryl methyl sites for hydroxylation is 1. The molecule has 2 aromatic rings. The van der Waals surface area contributed by atoms with E-state index in [0.717, 1.165) is 36.2 Å². The van der Waals surface area contributed by atoms with Crippen LogP contribution in [0.15, 0.2) is 36.4 Å². The second-order valence-corrected chi connectivity index (χ2v) is 8.17. The molecule has 0 saturated carbocycles. The molecule has 2 amide bonds. The highest BCUT2D eigenvalue weighted by atomic mass is 16.2. The average molecular weight is 423 g/mol. The number of aromatic nitrogens is 2. The van der Waals surface area contributed by atoms with Crippen molar-refractivity contribution in [3.05, 3.63) is 42.2 Å². The van der Waals surface area contributed by atoms with E-state index in [0.29, 0.717) is 19.6 Å². The van der Waals surface area contributed by atoms with Crippen LogP contribution in [0, 0.1) is 12.8 Å². The standard InChI is InChI=1S/C23H30N6O2/c1-17-26-20(15-21(27-17)28-12-6-3-7-13-28)24-10-11-25-23(31)18-14-22(30)29(16-18)19-8-4-2-5-9-19/h2,4-5,8-9,15,18H,3,6-7,10-14,16H2,1H3,(H,25,31)(H,24,26,27). The molecule has 4 rings (SSSR count). The van der Waals surface area contributed by atoms with Crippen molar-refractivity contribution >= 4 is 29.1 Å². The summed E-state index contributed by atoms with van der Waals surface area (Å²) < 4.78 is 0. The maximum absolute atomic E-state index is 12.5. The van der Waals surface area contributed by atoms with E-state index in [4.69, 9.17) is 0 Å². The number of para-hydroxylation sites is 1. The van der Waals surface area contributed by atoms with Gasteiger partial charge in [-0.2, -0.15) is 0 Å². The molecule has 1 aromatic heterocycles. The van der Waals surface area contributed by atoms with Crippen LogP contribution in [-0.2, 0) is 9.59 Å². The fraction of sp³-hybridized carbons (Fsp3) is 0.478. The van der Waals surface area contributed by atoms with Gasteiger partial charge in [0.1, 0.15) is 17.5 Å². The largest absolute Gasteiger partial charge is 0.368 e. The van der Waals surface area contributed by atoms with E-state index in [2.05, 4.69) is 25.5 Å². The second kappa shape index (κ2) is 9.76. The first-order valence-electron chi connectivity index (χ1n) is 11.1. The number of nitrogens with zero attached hydrogens (tertiary/aromatic N) is 4. The lowest BCUT2D eigenvalue weighted by Crippen LogP contribution is -2.35. The Kier molecular flexibility index (Phi) is 6.64. The maximum Gasteiger partial charge on any atom is 0.227 e. The van der Waals surface area contributed by atoms with Crippen molar-refractivity contribution in [2.24, 2.45) is 5.92 Å². The number of amides is 2. The average Bonchev–Trinajstić information content (AvgIpc) is 3.19. The van der Waals surface area contributed by atoms with Crippen LogP contribution in [0.3, 0.4) is 0 Å². The van der Waals surface area contributed by atoms with Crippen LogP contribution < -0.4 is 20.4 Å². The molecule has 164 valence electrons. The number of hydrogen-bond acceptors (Lipinski definition) is 6. The lowest BCUT2D eigenvalue weighted by Gasteiger charge is -2.28. The number of rotatable bonds is 7. The number of benzene rings is 1. The summed E-state index contributed by atoms with van der Waals surface area (Å²) in [6.07, 6.45) is 3.92. The van der Waals surface area contributed by atoms with Gasteiger partial charge in [0.05, 0.1) is 5.92 Å². The molecule has 0 spiro atoms. The van der Waals surface area contributed by atoms with E-state index >= 15 is 0 Å². The highest BCUT2D eigenvalue weighted by Crippen LogP contribution is 2.25. The quantitative estimate of drug-likeness (QED) is 0.666. The highest BCUT2D eigenvalue weighted by Gasteiger charge is 2.34. The third-order valence-electron chi connectivity index (χ3n) is 5.80. The van der Waals surface area contributed by atoms with Crippen LogP contribution in [0.2, 0.25) is 0 Å². The molecule has 0 radical (unpaired) electrons. The Labute approximate surface area is 183 Å². The van der Waals surface area contributed by atoms with Crippen molar-refractivity contribution < 1.29 is 9.59 Å². The lowest BCUT2D eigenvalue weighted by molar-refractivity contribution is -0.126. The molecule has 0 aliphatic carbocycles. The van der Waals surface area contributed by atoms with Gasteiger partial charge >= 0.3 is 0 Å². The number of piperidine rings is 1. The first kappa shape index (κ1) is 21.1. The summed E-state index contributed by atoms with van der Waals surface area (Å²) in [7, 11) is 0. The number of anilines is 3. The summed E-state index contributed by atoms with van der Waals surface area (Å²) in [5.41, 5.74) is 0.841. The molecule has 2 N–H and O–H groups in total. The zero-order chi connectivity index (χ0) is 21.6. The molecule has 3 heterocycles. The van der Waals surface area contributed by atoms with Crippen molar-refractivity contribution in [2.75, 3.05) is 47.8 Å². The monoisotopic (exact) mass is 422 g/mol. The summed E-state index contributed by atoms with van der Waals surface area (Å²) in [5, 5.41) is 6.23. The fourth-order valence-corrected chi connectivity index (χ4v) is 4.19. The predicted molar refractivity (Wildman–Crippen MR) is 121 cm³/mol. The van der Waals surface area contributed by atoms with Gasteiger partial charge in [0.25, 0.3) is 0 Å². The van der Waals surface area contributed by atoms with Gasteiger partial charge in [-0.15, -0.1) is 0 Å². The van der Waals surface area contributed by atoms with Gasteiger partial charge < -0.3 is 20.4 Å². The molecule has 2 aliphatic heterocycles. The number of carbonyl (C=O) groups excluding carboxylic acids is 2. The second-order valence-electron chi connectivity index (χ2n) is 8.17. The minimum Gasteiger partial charge on any atom is -0.368 e. The molecule has 2 aliphatic rings. The maximum atomic E-state index is 12.5. The Morgan fingerprint density at radius 3 is 2.65 bits per heavy atom. The Morgan fingerprint density at radius 2 is 1.87 bits per heavy atom. The van der Waals surface area contributed by atoms with Crippen LogP contribution in [0.1, 0.15) is 31.5 Å². The van der Waals surface area contributed by atoms with Gasteiger partial charge in [0.15, 0.2) is 0 Å². The SMILES string of the molecule is Cc1nc(NCCNC(=O)C2CC(=O)N(c3ccccc3)C2)cc(N2CCCCC2)n1. The van der Waals surface area contributed by atoms with Gasteiger partial charge in [0, 0.05) is 50.9 Å². The van der Waals surface area contributed by atoms with Crippen LogP contribution in [0.4, 0.5) is 17.3 Å². The Balaban J connectivity index is 1.25. The van der Waals surface area contributed by atoms with Crippen molar-refractivity contribution in [1.82, 2.24) is 15.3 Å². The van der Waals surface area contributed by atoms with E-state index in [1.807, 2.05) is 43.3 Å². The lowest BCUT2D eigenvalue weighted by atomic mass is 10.1. The molecule has 8 nitrogen and oxygen atoms in total. The number of hydrogen-bond donors (Lipinski definition) is 2. The molecule has 1 unspecified atom stereocenters. The Bertz CT molecular complexity index is 914. The van der Waals surface area contributed by atoms with Crippen molar-refractivity contribution in [3.63, 3.8) is 0 Å². The van der Waals surface area contributed by atoms with Crippen molar-refractivity contribution in [2.45, 2.75) is 32.6 Å². The molecule has 2 saturated heterocycles. The summed E-state index contributed by atoms with van der Waals surface area (Å²) in [6, 6.07) is 11.5. The first-order chi connectivity index (χ1) is 15.1. The molecular formula is C23H30N6O2. The number of carbonyl (C=O) groups is 2. The third-order valence-corrected chi connectivity index (χ3v) is 5.80. The van der Waals surface area contributed by atoms with Crippen LogP contribution in [-0.4, -0.2) is 54.5 Å².